The standard InChI is InChI=1S/C11H10BrClN4O/c12-9-3-8(14)1-2-10(9)16-11(18)6-17-5-7(13)4-15-17/h1-5H,6,14H2,(H,16,18). The lowest BCUT2D eigenvalue weighted by molar-refractivity contribution is -0.116. The molecule has 0 saturated heterocycles. The molecule has 1 aromatic heterocycles. The quantitative estimate of drug-likeness (QED) is 0.850. The van der Waals surface area contributed by atoms with Gasteiger partial charge in [-0.1, -0.05) is 11.6 Å². The van der Waals surface area contributed by atoms with Crippen LogP contribution in [0.25, 0.3) is 0 Å². The monoisotopic (exact) mass is 328 g/mol. The predicted octanol–water partition coefficient (Wildman–Crippen LogP) is 2.52. The lowest BCUT2D eigenvalue weighted by Crippen LogP contribution is -2.19. The summed E-state index contributed by atoms with van der Waals surface area (Å²) in [6, 6.07) is 5.17. The van der Waals surface area contributed by atoms with Crippen molar-refractivity contribution in [1.29, 1.82) is 0 Å². The Bertz CT molecular complexity index is 584. The Balaban J connectivity index is 2.03. The van der Waals surface area contributed by atoms with Gasteiger partial charge in [-0.15, -0.1) is 0 Å². The van der Waals surface area contributed by atoms with Gasteiger partial charge in [-0.05, 0) is 34.1 Å². The SMILES string of the molecule is Nc1ccc(NC(=O)Cn2cc(Cl)cn2)c(Br)c1. The zero-order valence-electron chi connectivity index (χ0n) is 9.23. The molecule has 0 saturated carbocycles. The molecular weight excluding hydrogens is 320 g/mol. The first-order chi connectivity index (χ1) is 8.54. The molecule has 7 heteroatoms. The van der Waals surface area contributed by atoms with Crippen molar-refractivity contribution < 1.29 is 4.79 Å². The molecule has 2 rings (SSSR count). The van der Waals surface area contributed by atoms with Gasteiger partial charge in [-0.3, -0.25) is 9.48 Å². The predicted molar refractivity (Wildman–Crippen MR) is 74.4 cm³/mol. The average Bonchev–Trinajstić information content (AvgIpc) is 2.68. The van der Waals surface area contributed by atoms with E-state index < -0.39 is 0 Å². The Morgan fingerprint density at radius 2 is 2.33 bits per heavy atom. The maximum absolute atomic E-state index is 11.8. The van der Waals surface area contributed by atoms with Gasteiger partial charge in [0.15, 0.2) is 0 Å². The number of nitrogen functional groups attached to an aromatic ring is 1. The molecule has 0 unspecified atom stereocenters. The third-order valence-electron chi connectivity index (χ3n) is 2.17. The fourth-order valence-corrected chi connectivity index (χ4v) is 2.05. The number of aromatic nitrogens is 2. The van der Waals surface area contributed by atoms with E-state index in [1.165, 1.54) is 10.9 Å². The minimum absolute atomic E-state index is 0.101. The van der Waals surface area contributed by atoms with Gasteiger partial charge in [0.2, 0.25) is 5.91 Å². The minimum Gasteiger partial charge on any atom is -0.399 e. The molecule has 0 spiro atoms. The molecule has 5 nitrogen and oxygen atoms in total. The van der Waals surface area contributed by atoms with Crippen LogP contribution < -0.4 is 11.1 Å². The number of rotatable bonds is 3. The number of halogens is 2. The highest BCUT2D eigenvalue weighted by Gasteiger charge is 2.07. The van der Waals surface area contributed by atoms with Crippen molar-refractivity contribution in [1.82, 2.24) is 9.78 Å². The summed E-state index contributed by atoms with van der Waals surface area (Å²) in [6.07, 6.45) is 3.06. The molecule has 0 aliphatic heterocycles. The number of benzene rings is 1. The first-order valence-corrected chi connectivity index (χ1v) is 6.24. The highest BCUT2D eigenvalue weighted by atomic mass is 79.9. The van der Waals surface area contributed by atoms with E-state index in [1.807, 2.05) is 0 Å². The fraction of sp³-hybridized carbons (Fsp3) is 0.0909. The molecule has 2 aromatic rings. The maximum Gasteiger partial charge on any atom is 0.246 e. The van der Waals surface area contributed by atoms with Gasteiger partial charge >= 0.3 is 0 Å². The van der Waals surface area contributed by atoms with E-state index in [9.17, 15) is 4.79 Å². The number of nitrogens with one attached hydrogen (secondary N) is 1. The zero-order valence-corrected chi connectivity index (χ0v) is 11.6. The van der Waals surface area contributed by atoms with Gasteiger partial charge in [0.25, 0.3) is 0 Å². The van der Waals surface area contributed by atoms with Crippen molar-refractivity contribution in [3.05, 3.63) is 40.1 Å². The van der Waals surface area contributed by atoms with Gasteiger partial charge in [-0.2, -0.15) is 5.10 Å². The number of hydrogen-bond donors (Lipinski definition) is 2. The van der Waals surface area contributed by atoms with Gasteiger partial charge in [-0.25, -0.2) is 0 Å². The van der Waals surface area contributed by atoms with Crippen LogP contribution in [0.3, 0.4) is 0 Å². The van der Waals surface area contributed by atoms with Crippen LogP contribution in [-0.2, 0) is 11.3 Å². The molecule has 94 valence electrons. The Morgan fingerprint density at radius 3 is 2.94 bits per heavy atom. The summed E-state index contributed by atoms with van der Waals surface area (Å²) in [7, 11) is 0. The highest BCUT2D eigenvalue weighted by molar-refractivity contribution is 9.10. The third-order valence-corrected chi connectivity index (χ3v) is 3.03. The number of anilines is 2. The maximum atomic E-state index is 11.8. The molecule has 0 fully saturated rings. The van der Waals surface area contributed by atoms with E-state index in [2.05, 4.69) is 26.3 Å². The van der Waals surface area contributed by atoms with Crippen LogP contribution in [0.4, 0.5) is 11.4 Å². The van der Waals surface area contributed by atoms with Crippen molar-refractivity contribution >= 4 is 44.8 Å². The highest BCUT2D eigenvalue weighted by Crippen LogP contribution is 2.24. The van der Waals surface area contributed by atoms with Crippen molar-refractivity contribution in [2.75, 3.05) is 11.1 Å². The van der Waals surface area contributed by atoms with E-state index in [4.69, 9.17) is 17.3 Å². The molecular formula is C11H10BrClN4O. The molecule has 0 atom stereocenters. The topological polar surface area (TPSA) is 72.9 Å². The second-order valence-electron chi connectivity index (χ2n) is 3.64. The van der Waals surface area contributed by atoms with Crippen LogP contribution in [0.2, 0.25) is 5.02 Å². The first kappa shape index (κ1) is 12.9. The summed E-state index contributed by atoms with van der Waals surface area (Å²) < 4.78 is 2.19. The lowest BCUT2D eigenvalue weighted by atomic mass is 10.3. The molecule has 18 heavy (non-hydrogen) atoms. The van der Waals surface area contributed by atoms with Crippen molar-refractivity contribution in [2.24, 2.45) is 0 Å². The number of hydrogen-bond acceptors (Lipinski definition) is 3. The Labute approximate surface area is 117 Å². The van der Waals surface area contributed by atoms with Gasteiger partial charge < -0.3 is 11.1 Å². The van der Waals surface area contributed by atoms with Crippen molar-refractivity contribution in [3.8, 4) is 0 Å². The van der Waals surface area contributed by atoms with E-state index in [1.54, 1.807) is 24.4 Å². The molecule has 1 amide bonds. The zero-order chi connectivity index (χ0) is 13.1. The second-order valence-corrected chi connectivity index (χ2v) is 4.93. The number of amides is 1. The Kier molecular flexibility index (Phi) is 3.88. The van der Waals surface area contributed by atoms with Crippen molar-refractivity contribution in [2.45, 2.75) is 6.54 Å². The third kappa shape index (κ3) is 3.24. The van der Waals surface area contributed by atoms with Crippen LogP contribution in [0.5, 0.6) is 0 Å². The van der Waals surface area contributed by atoms with Crippen LogP contribution in [0, 0.1) is 0 Å². The number of carbonyl (C=O) groups excluding carboxylic acids is 1. The molecule has 0 aliphatic rings. The van der Waals surface area contributed by atoms with E-state index in [0.29, 0.717) is 16.4 Å². The lowest BCUT2D eigenvalue weighted by Gasteiger charge is -2.08. The van der Waals surface area contributed by atoms with Gasteiger partial charge in [0, 0.05) is 16.4 Å². The Morgan fingerprint density at radius 1 is 1.56 bits per heavy atom. The molecule has 1 heterocycles. The van der Waals surface area contributed by atoms with E-state index in [0.717, 1.165) is 4.47 Å². The van der Waals surface area contributed by atoms with Crippen LogP contribution in [-0.4, -0.2) is 15.7 Å². The summed E-state index contributed by atoms with van der Waals surface area (Å²) in [5, 5.41) is 7.17. The smallest absolute Gasteiger partial charge is 0.246 e. The molecule has 0 radical (unpaired) electrons. The van der Waals surface area contributed by atoms with Crippen molar-refractivity contribution in [3.63, 3.8) is 0 Å². The summed E-state index contributed by atoms with van der Waals surface area (Å²) in [6.45, 7) is 0.101. The average molecular weight is 330 g/mol. The second kappa shape index (κ2) is 5.41. The van der Waals surface area contributed by atoms with Crippen LogP contribution in [0.15, 0.2) is 35.1 Å². The summed E-state index contributed by atoms with van der Waals surface area (Å²) >= 11 is 9.04. The summed E-state index contributed by atoms with van der Waals surface area (Å²) in [5.74, 6) is -0.194. The molecule has 0 bridgehead atoms. The van der Waals surface area contributed by atoms with E-state index >= 15 is 0 Å². The van der Waals surface area contributed by atoms with E-state index in [-0.39, 0.29) is 12.5 Å². The molecule has 3 N–H and O–H groups in total. The van der Waals surface area contributed by atoms with Crippen LogP contribution >= 0.6 is 27.5 Å². The first-order valence-electron chi connectivity index (χ1n) is 5.07. The molecule has 0 aliphatic carbocycles. The largest absolute Gasteiger partial charge is 0.399 e. The summed E-state index contributed by atoms with van der Waals surface area (Å²) in [4.78, 5) is 11.8. The number of nitrogens with zero attached hydrogens (tertiary/aromatic N) is 2. The van der Waals surface area contributed by atoms with Gasteiger partial charge in [0.1, 0.15) is 6.54 Å². The summed E-state index contributed by atoms with van der Waals surface area (Å²) in [5.41, 5.74) is 6.90. The fourth-order valence-electron chi connectivity index (χ4n) is 1.39. The minimum atomic E-state index is -0.194. The van der Waals surface area contributed by atoms with Crippen LogP contribution in [0.1, 0.15) is 0 Å². The normalized spacial score (nSPS) is 10.3. The Hall–Kier alpha value is -1.53. The number of nitrogens with two attached hydrogens (primary N) is 1. The van der Waals surface area contributed by atoms with Gasteiger partial charge in [0.05, 0.1) is 16.9 Å². The number of carbonyl (C=O) groups is 1. The molecule has 1 aromatic carbocycles.